The van der Waals surface area contributed by atoms with Gasteiger partial charge in [-0.3, -0.25) is 4.79 Å². The van der Waals surface area contributed by atoms with E-state index in [1.54, 1.807) is 13.8 Å². The molecule has 4 fully saturated rings. The van der Waals surface area contributed by atoms with Crippen molar-refractivity contribution < 1.29 is 54.4 Å². The Kier molecular flexibility index (Phi) is 8.26. The quantitative estimate of drug-likeness (QED) is 0.190. The highest BCUT2D eigenvalue weighted by Gasteiger charge is 2.70. The van der Waals surface area contributed by atoms with E-state index in [4.69, 9.17) is 14.2 Å². The smallest absolute Gasteiger partial charge is 0.334 e. The molecule has 0 amide bonds. The zero-order chi connectivity index (χ0) is 32.9. The van der Waals surface area contributed by atoms with Gasteiger partial charge < -0.3 is 44.8 Å². The van der Waals surface area contributed by atoms with E-state index in [1.165, 1.54) is 0 Å². The molecular weight excluding hydrogens is 584 g/mol. The van der Waals surface area contributed by atoms with Crippen LogP contribution in [0.4, 0.5) is 0 Å². The molecule has 6 rings (SSSR count). The number of fused-ring (bicyclic) bond motifs is 5. The number of allylic oxidation sites excluding steroid dienone is 1. The van der Waals surface area contributed by atoms with Crippen molar-refractivity contribution in [3.8, 4) is 0 Å². The summed E-state index contributed by atoms with van der Waals surface area (Å²) in [6.07, 6.45) is -2.46. The van der Waals surface area contributed by atoms with Crippen molar-refractivity contribution >= 4 is 11.8 Å². The first kappa shape index (κ1) is 33.2. The van der Waals surface area contributed by atoms with Gasteiger partial charge in [-0.15, -0.1) is 0 Å². The number of aliphatic hydroxyl groups excluding tert-OH is 4. The summed E-state index contributed by atoms with van der Waals surface area (Å²) in [5, 5.41) is 65.0. The standard InChI is InChI=1S/C34H50O11/c1-16-12-25(45-29(40)17(16)2)33(5,41)23-9-11-34(42)21-7-6-18-13-19(43-30-28(39)27(38)26(37)22(15-35)44-30)14-24(36)32(18,4)20(21)8-10-31(23,34)3/h6,19-23,25-28,30,35,37-39,41-42H,7-15H2,1-5H3/t19-,20+,21-,22-,23+,25-,26-,27+,28-,30-,31-,32+,33-,34-/m1/s1. The average Bonchev–Trinajstić information content (AvgIpc) is 3.28. The van der Waals surface area contributed by atoms with Gasteiger partial charge in [0.15, 0.2) is 6.29 Å². The van der Waals surface area contributed by atoms with Crippen molar-refractivity contribution in [3.63, 3.8) is 0 Å². The SMILES string of the molecule is CC1=C(C)C(=O)O[C@@H]([C@](C)(O)[C@H]2CC[C@@]3(O)[C@@H]4CC=C5C[C@@H](O[C@@H]6O[C@H](CO)[C@@H](O)[C@H](O)[C@H]6O)CC(=O)[C@]5(C)[C@H]4CC[C@]23C)C1. The van der Waals surface area contributed by atoms with E-state index in [1.807, 2.05) is 13.8 Å². The Balaban J connectivity index is 1.22. The maximum Gasteiger partial charge on any atom is 0.334 e. The van der Waals surface area contributed by atoms with E-state index >= 15 is 0 Å². The van der Waals surface area contributed by atoms with Crippen molar-refractivity contribution in [3.05, 3.63) is 22.8 Å². The lowest BCUT2D eigenvalue weighted by molar-refractivity contribution is -0.312. The van der Waals surface area contributed by atoms with Gasteiger partial charge in [-0.1, -0.05) is 24.1 Å². The van der Waals surface area contributed by atoms with Crippen LogP contribution in [-0.4, -0.2) is 103 Å². The molecule has 0 aromatic carbocycles. The highest BCUT2D eigenvalue weighted by atomic mass is 16.7. The number of hydrogen-bond acceptors (Lipinski definition) is 11. The minimum Gasteiger partial charge on any atom is -0.456 e. The molecule has 11 heteroatoms. The maximum absolute atomic E-state index is 14.0. The number of carbonyl (C=O) groups is 2. The second kappa shape index (κ2) is 11.2. The minimum absolute atomic E-state index is 0.0233. The number of esters is 1. The molecule has 0 spiro atoms. The third-order valence-electron chi connectivity index (χ3n) is 13.3. The van der Waals surface area contributed by atoms with Gasteiger partial charge >= 0.3 is 5.97 Å². The fraction of sp³-hybridized carbons (Fsp3) is 0.824. The van der Waals surface area contributed by atoms with E-state index in [-0.39, 0.29) is 30.0 Å². The predicted molar refractivity (Wildman–Crippen MR) is 159 cm³/mol. The van der Waals surface area contributed by atoms with Crippen LogP contribution >= 0.6 is 0 Å². The van der Waals surface area contributed by atoms with E-state index in [9.17, 15) is 40.2 Å². The Labute approximate surface area is 264 Å². The third-order valence-corrected chi connectivity index (χ3v) is 13.3. The van der Waals surface area contributed by atoms with Gasteiger partial charge in [0.1, 0.15) is 41.9 Å². The molecule has 6 N–H and O–H groups in total. The summed E-state index contributed by atoms with van der Waals surface area (Å²) in [5.74, 6) is -1.05. The molecule has 45 heavy (non-hydrogen) atoms. The molecule has 0 bridgehead atoms. The van der Waals surface area contributed by atoms with Gasteiger partial charge in [-0.05, 0) is 84.0 Å². The number of Topliss-reactive ketones (excluding diaryl/α,β-unsaturated/α-hetero) is 1. The fourth-order valence-corrected chi connectivity index (χ4v) is 10.3. The number of ketones is 1. The molecule has 0 aromatic heterocycles. The molecule has 6 aliphatic rings. The summed E-state index contributed by atoms with van der Waals surface area (Å²) in [4.78, 5) is 26.6. The highest BCUT2D eigenvalue weighted by Crippen LogP contribution is 2.69. The van der Waals surface area contributed by atoms with Gasteiger partial charge in [0.2, 0.25) is 0 Å². The van der Waals surface area contributed by atoms with Crippen molar-refractivity contribution in [1.82, 2.24) is 0 Å². The Bertz CT molecular complexity index is 1290. The molecule has 252 valence electrons. The molecule has 0 radical (unpaired) electrons. The monoisotopic (exact) mass is 634 g/mol. The molecule has 2 heterocycles. The van der Waals surface area contributed by atoms with Crippen LogP contribution in [0.25, 0.3) is 0 Å². The lowest BCUT2D eigenvalue weighted by Crippen LogP contribution is -2.65. The molecule has 3 saturated carbocycles. The third kappa shape index (κ3) is 4.75. The number of hydrogen-bond donors (Lipinski definition) is 6. The molecular formula is C34H50O11. The van der Waals surface area contributed by atoms with Gasteiger partial charge in [-0.25, -0.2) is 4.79 Å². The average molecular weight is 635 g/mol. The van der Waals surface area contributed by atoms with Crippen LogP contribution < -0.4 is 0 Å². The molecule has 2 aliphatic heterocycles. The first-order valence-electron chi connectivity index (χ1n) is 16.5. The topological polar surface area (TPSA) is 183 Å². The Hall–Kier alpha value is -1.70. The molecule has 1 saturated heterocycles. The predicted octanol–water partition coefficient (Wildman–Crippen LogP) is 1.45. The van der Waals surface area contributed by atoms with Crippen molar-refractivity contribution in [2.45, 2.75) is 140 Å². The molecule has 11 nitrogen and oxygen atoms in total. The Morgan fingerprint density at radius 1 is 1.00 bits per heavy atom. The van der Waals surface area contributed by atoms with Crippen LogP contribution in [0.3, 0.4) is 0 Å². The van der Waals surface area contributed by atoms with Crippen molar-refractivity contribution in [2.24, 2.45) is 28.6 Å². The highest BCUT2D eigenvalue weighted by molar-refractivity contribution is 5.90. The Morgan fingerprint density at radius 2 is 1.71 bits per heavy atom. The maximum atomic E-state index is 14.0. The number of aliphatic hydroxyl groups is 6. The van der Waals surface area contributed by atoms with E-state index < -0.39 is 77.5 Å². The molecule has 4 aliphatic carbocycles. The molecule has 14 atom stereocenters. The minimum atomic E-state index is -1.57. The summed E-state index contributed by atoms with van der Waals surface area (Å²) >= 11 is 0. The van der Waals surface area contributed by atoms with Crippen LogP contribution in [0.1, 0.15) is 86.0 Å². The number of rotatable bonds is 5. The molecule has 0 unspecified atom stereocenters. The number of ether oxygens (including phenoxy) is 3. The zero-order valence-electron chi connectivity index (χ0n) is 26.9. The summed E-state index contributed by atoms with van der Waals surface area (Å²) in [7, 11) is 0. The summed E-state index contributed by atoms with van der Waals surface area (Å²) in [5.41, 5.74) is -1.53. The lowest BCUT2D eigenvalue weighted by atomic mass is 9.44. The van der Waals surface area contributed by atoms with E-state index in [2.05, 4.69) is 13.0 Å². The number of cyclic esters (lactones) is 1. The number of carbonyl (C=O) groups excluding carboxylic acids is 2. The van der Waals surface area contributed by atoms with Crippen LogP contribution in [0.5, 0.6) is 0 Å². The van der Waals surface area contributed by atoms with E-state index in [0.29, 0.717) is 50.5 Å². The van der Waals surface area contributed by atoms with Crippen LogP contribution in [0.15, 0.2) is 22.8 Å². The van der Waals surface area contributed by atoms with Gasteiger partial charge in [0.25, 0.3) is 0 Å². The fourth-order valence-electron chi connectivity index (χ4n) is 10.3. The molecule has 0 aromatic rings. The van der Waals surface area contributed by atoms with Crippen LogP contribution in [-0.2, 0) is 23.8 Å². The van der Waals surface area contributed by atoms with Gasteiger partial charge in [0.05, 0.1) is 23.7 Å². The van der Waals surface area contributed by atoms with E-state index in [0.717, 1.165) is 11.1 Å². The first-order chi connectivity index (χ1) is 21.0. The van der Waals surface area contributed by atoms with Crippen molar-refractivity contribution in [2.75, 3.05) is 6.61 Å². The second-order valence-electron chi connectivity index (χ2n) is 15.4. The Morgan fingerprint density at radius 3 is 2.38 bits per heavy atom. The van der Waals surface area contributed by atoms with Crippen molar-refractivity contribution in [1.29, 1.82) is 0 Å². The lowest BCUT2D eigenvalue weighted by Gasteiger charge is -2.61. The first-order valence-corrected chi connectivity index (χ1v) is 16.5. The summed E-state index contributed by atoms with van der Waals surface area (Å²) in [6.45, 7) is 8.83. The summed E-state index contributed by atoms with van der Waals surface area (Å²) in [6, 6.07) is 0. The van der Waals surface area contributed by atoms with Crippen LogP contribution in [0, 0.1) is 28.6 Å². The summed E-state index contributed by atoms with van der Waals surface area (Å²) < 4.78 is 17.3. The second-order valence-corrected chi connectivity index (χ2v) is 15.4. The zero-order valence-corrected chi connectivity index (χ0v) is 26.9. The largest absolute Gasteiger partial charge is 0.456 e. The normalized spacial score (nSPS) is 49.8. The van der Waals surface area contributed by atoms with Gasteiger partial charge in [0, 0.05) is 23.8 Å². The van der Waals surface area contributed by atoms with Crippen LogP contribution in [0.2, 0.25) is 0 Å². The van der Waals surface area contributed by atoms with Gasteiger partial charge in [-0.2, -0.15) is 0 Å².